The Labute approximate surface area is 479 Å². The van der Waals surface area contributed by atoms with E-state index in [4.69, 9.17) is 21.3 Å². The van der Waals surface area contributed by atoms with Gasteiger partial charge in [-0.2, -0.15) is 18.3 Å². The number of fused-ring (bicyclic) bond motifs is 2. The Morgan fingerprint density at radius 1 is 0.854 bits per heavy atom. The highest BCUT2D eigenvalue weighted by Crippen LogP contribution is 2.34. The summed E-state index contributed by atoms with van der Waals surface area (Å²) >= 11 is 6.42. The molecule has 0 unspecified atom stereocenters. The normalized spacial score (nSPS) is 13.5. The quantitative estimate of drug-likeness (QED) is 0.0556. The number of rotatable bonds is 20. The fraction of sp³-hybridized carbons (Fsp3) is 0.317. The van der Waals surface area contributed by atoms with Crippen LogP contribution in [0.2, 0.25) is 5.02 Å². The highest BCUT2D eigenvalue weighted by Gasteiger charge is 2.34. The van der Waals surface area contributed by atoms with Crippen LogP contribution in [0.3, 0.4) is 0 Å². The van der Waals surface area contributed by atoms with Gasteiger partial charge < -0.3 is 20.3 Å². The van der Waals surface area contributed by atoms with Crippen LogP contribution in [0.4, 0.5) is 18.9 Å². The molecule has 4 heterocycles. The second-order valence-electron chi connectivity index (χ2n) is 20.8. The number of hydrogen-bond acceptors (Lipinski definition) is 10. The molecule has 19 heteroatoms. The van der Waals surface area contributed by atoms with Crippen LogP contribution in [0, 0.1) is 24.7 Å². The van der Waals surface area contributed by atoms with Crippen molar-refractivity contribution in [2.75, 3.05) is 64.3 Å². The molecule has 0 radical (unpaired) electrons. The maximum Gasteiger partial charge on any atom is 0.416 e. The zero-order valence-electron chi connectivity index (χ0n) is 46.2. The third-order valence-corrected chi connectivity index (χ3v) is 14.6. The van der Waals surface area contributed by atoms with Crippen molar-refractivity contribution in [3.63, 3.8) is 0 Å². The molecule has 5 aromatic carbocycles. The highest BCUT2D eigenvalue weighted by molar-refractivity contribution is 6.31. The summed E-state index contributed by atoms with van der Waals surface area (Å²) in [5.41, 5.74) is 5.22. The predicted molar refractivity (Wildman–Crippen MR) is 311 cm³/mol. The molecule has 0 spiro atoms. The lowest BCUT2D eigenvalue weighted by Crippen LogP contribution is -2.47. The number of amides is 3. The Hall–Kier alpha value is -8.21. The topological polar surface area (TPSA) is 159 Å². The molecule has 15 nitrogen and oxygen atoms in total. The van der Waals surface area contributed by atoms with E-state index in [0.29, 0.717) is 95.2 Å². The first kappa shape index (κ1) is 58.4. The summed E-state index contributed by atoms with van der Waals surface area (Å²) in [5.74, 6) is 5.33. The molecule has 9 rings (SSSR count). The standard InChI is InChI=1S/C63H64ClF3N10O5/c1-5-47-18-19-50(34-49(47)17-14-45-37-69-56-22-24-70-77(56)40-45)60(79)71-53-33-46(32-51(35-53)63(65,66)67)38-74-28-26-73(27-29-74)30-31-82-41-57(78)68-23-9-25-75(61(80)48-15-12-43(4)13-16-48)58(42(2)3)59-72-55-36-52(64)20-21-54(55)62(81)76(59)39-44-10-7-6-8-11-44/h6-8,10-13,15-16,18-22,24,32-37,40,42,58H,5,9,23,25-31,38-39,41H2,1-4H3,(H,68,78)(H,71,79)/t58-/m1/s1. The molecule has 1 saturated heterocycles. The Balaban J connectivity index is 0.769. The van der Waals surface area contributed by atoms with Gasteiger partial charge in [-0.1, -0.05) is 98.3 Å². The summed E-state index contributed by atoms with van der Waals surface area (Å²) in [4.78, 5) is 71.0. The second-order valence-corrected chi connectivity index (χ2v) is 21.2. The molecule has 1 fully saturated rings. The number of benzene rings is 5. The molecule has 0 aliphatic carbocycles. The van der Waals surface area contributed by atoms with Crippen molar-refractivity contribution in [2.45, 2.75) is 65.8 Å². The van der Waals surface area contributed by atoms with Crippen LogP contribution in [0.25, 0.3) is 16.6 Å². The SMILES string of the molecule is CCc1ccc(C(=O)Nc2cc(CN3CCN(CCOCC(=O)NCCCN(C(=O)c4ccc(C)cc4)[C@@H](c4nc5cc(Cl)ccc5c(=O)n4Cc4ccccc4)C(C)C)CC3)cc(C(F)(F)F)c2)cc1C#Cc1cnc2ccnn2c1. The third kappa shape index (κ3) is 14.8. The van der Waals surface area contributed by atoms with E-state index in [0.717, 1.165) is 28.8 Å². The number of hydrogen-bond donors (Lipinski definition) is 2. The minimum Gasteiger partial charge on any atom is -0.370 e. The molecule has 3 amide bonds. The largest absolute Gasteiger partial charge is 0.416 e. The number of alkyl halides is 3. The molecule has 1 aliphatic heterocycles. The van der Waals surface area contributed by atoms with Crippen LogP contribution in [0.15, 0.2) is 139 Å². The predicted octanol–water partition coefficient (Wildman–Crippen LogP) is 9.86. The minimum absolute atomic E-state index is 0.0311. The summed E-state index contributed by atoms with van der Waals surface area (Å²) in [6, 6.07) is 31.8. The number of halogens is 4. The zero-order valence-corrected chi connectivity index (χ0v) is 46.9. The van der Waals surface area contributed by atoms with Crippen LogP contribution < -0.4 is 16.2 Å². The number of nitrogens with zero attached hydrogens (tertiary/aromatic N) is 8. The number of carbonyl (C=O) groups excluding carboxylic acids is 3. The fourth-order valence-electron chi connectivity index (χ4n) is 10.1. The molecule has 0 bridgehead atoms. The van der Waals surface area contributed by atoms with Gasteiger partial charge in [-0.3, -0.25) is 33.5 Å². The molecule has 8 aromatic rings. The average molecular weight is 1130 g/mol. The van der Waals surface area contributed by atoms with Gasteiger partial charge in [0, 0.05) is 98.2 Å². The first-order valence-electron chi connectivity index (χ1n) is 27.4. The molecule has 1 atom stereocenters. The van der Waals surface area contributed by atoms with Gasteiger partial charge in [-0.15, -0.1) is 0 Å². The van der Waals surface area contributed by atoms with Crippen LogP contribution >= 0.6 is 11.6 Å². The average Bonchev–Trinajstić information content (AvgIpc) is 3.36. The lowest BCUT2D eigenvalue weighted by Gasteiger charge is -2.35. The first-order valence-corrected chi connectivity index (χ1v) is 27.7. The lowest BCUT2D eigenvalue weighted by molar-refractivity contribution is -0.137. The van der Waals surface area contributed by atoms with Crippen molar-refractivity contribution in [1.29, 1.82) is 0 Å². The summed E-state index contributed by atoms with van der Waals surface area (Å²) in [6.07, 6.45) is 1.43. The Bertz CT molecular complexity index is 3700. The Kier molecular flexibility index (Phi) is 18.9. The number of nitrogens with one attached hydrogen (secondary N) is 2. The van der Waals surface area contributed by atoms with Gasteiger partial charge in [0.15, 0.2) is 5.65 Å². The molecule has 3 aromatic heterocycles. The van der Waals surface area contributed by atoms with Gasteiger partial charge >= 0.3 is 6.18 Å². The van der Waals surface area contributed by atoms with Crippen LogP contribution in [-0.2, 0) is 35.2 Å². The van der Waals surface area contributed by atoms with E-state index in [-0.39, 0.29) is 73.9 Å². The van der Waals surface area contributed by atoms with E-state index in [1.807, 2.05) is 70.2 Å². The number of carbonyl (C=O) groups is 3. The lowest BCUT2D eigenvalue weighted by atomic mass is 9.98. The van der Waals surface area contributed by atoms with E-state index in [1.54, 1.807) is 93.2 Å². The Morgan fingerprint density at radius 3 is 2.35 bits per heavy atom. The number of anilines is 1. The number of aromatic nitrogens is 5. The highest BCUT2D eigenvalue weighted by atomic mass is 35.5. The van der Waals surface area contributed by atoms with Gasteiger partial charge in [0.05, 0.1) is 47.4 Å². The van der Waals surface area contributed by atoms with Crippen LogP contribution in [-0.4, -0.2) is 116 Å². The molecule has 424 valence electrons. The maximum absolute atomic E-state index is 14.6. The molecule has 0 saturated carbocycles. The van der Waals surface area contributed by atoms with Gasteiger partial charge in [-0.05, 0) is 103 Å². The molecule has 82 heavy (non-hydrogen) atoms. The van der Waals surface area contributed by atoms with E-state index in [2.05, 4.69) is 42.4 Å². The van der Waals surface area contributed by atoms with Crippen LogP contribution in [0.5, 0.6) is 0 Å². The van der Waals surface area contributed by atoms with Crippen molar-refractivity contribution in [1.82, 2.24) is 44.2 Å². The van der Waals surface area contributed by atoms with E-state index in [1.165, 1.54) is 0 Å². The monoisotopic (exact) mass is 1130 g/mol. The smallest absolute Gasteiger partial charge is 0.370 e. The minimum atomic E-state index is -4.64. The van der Waals surface area contributed by atoms with Crippen molar-refractivity contribution in [2.24, 2.45) is 5.92 Å². The fourth-order valence-corrected chi connectivity index (χ4v) is 10.2. The second kappa shape index (κ2) is 26.6. The first-order chi connectivity index (χ1) is 39.5. The molecule has 2 N–H and O–H groups in total. The molecule has 1 aliphatic rings. The van der Waals surface area contributed by atoms with E-state index in [9.17, 15) is 32.3 Å². The molecular weight excluding hydrogens is 1070 g/mol. The van der Waals surface area contributed by atoms with Crippen molar-refractivity contribution >= 4 is 51.6 Å². The van der Waals surface area contributed by atoms with Gasteiger partial charge in [-0.25, -0.2) is 14.5 Å². The Morgan fingerprint density at radius 2 is 1.61 bits per heavy atom. The van der Waals surface area contributed by atoms with Gasteiger partial charge in [0.25, 0.3) is 17.4 Å². The van der Waals surface area contributed by atoms with Crippen molar-refractivity contribution in [3.05, 3.63) is 205 Å². The summed E-state index contributed by atoms with van der Waals surface area (Å²) < 4.78 is 51.8. The number of piperazine rings is 1. The zero-order chi connectivity index (χ0) is 57.9. The van der Waals surface area contributed by atoms with Gasteiger partial charge in [0.2, 0.25) is 5.91 Å². The summed E-state index contributed by atoms with van der Waals surface area (Å²) in [5, 5.41) is 10.7. The number of aryl methyl sites for hydroxylation is 2. The van der Waals surface area contributed by atoms with Gasteiger partial charge in [0.1, 0.15) is 12.4 Å². The van der Waals surface area contributed by atoms with Crippen molar-refractivity contribution in [3.8, 4) is 11.8 Å². The van der Waals surface area contributed by atoms with E-state index < -0.39 is 23.7 Å². The van der Waals surface area contributed by atoms with Crippen molar-refractivity contribution < 1.29 is 32.3 Å². The third-order valence-electron chi connectivity index (χ3n) is 14.4. The summed E-state index contributed by atoms with van der Waals surface area (Å²) in [6.45, 7) is 11.9. The van der Waals surface area contributed by atoms with Crippen LogP contribution in [0.1, 0.15) is 98.7 Å². The number of ether oxygens (including phenoxy) is 1. The molecular formula is C63H64ClF3N10O5. The maximum atomic E-state index is 14.6. The van der Waals surface area contributed by atoms with E-state index >= 15 is 0 Å². The summed E-state index contributed by atoms with van der Waals surface area (Å²) in [7, 11) is 0.